The third kappa shape index (κ3) is 3.81. The molecule has 1 rings (SSSR count). The topological polar surface area (TPSA) is 84.0 Å². The molecule has 0 radical (unpaired) electrons. The summed E-state index contributed by atoms with van der Waals surface area (Å²) in [5.41, 5.74) is -0.394. The largest absolute Gasteiger partial charge is 0.337 e. The molecule has 110 valence electrons. The van der Waals surface area contributed by atoms with Gasteiger partial charge in [0, 0.05) is 20.7 Å². The van der Waals surface area contributed by atoms with Gasteiger partial charge in [-0.1, -0.05) is 26.2 Å². The normalized spacial score (nSPS) is 10.5. The van der Waals surface area contributed by atoms with Gasteiger partial charge in [-0.25, -0.2) is 14.2 Å². The Balaban J connectivity index is 0. The lowest BCUT2D eigenvalue weighted by molar-refractivity contribution is 0.240. The van der Waals surface area contributed by atoms with Gasteiger partial charge < -0.3 is 5.32 Å². The van der Waals surface area contributed by atoms with Gasteiger partial charge in [0.1, 0.15) is 0 Å². The highest BCUT2D eigenvalue weighted by Gasteiger charge is 2.13. The molecule has 0 aliphatic heterocycles. The van der Waals surface area contributed by atoms with Crippen molar-refractivity contribution in [1.29, 1.82) is 0 Å². The summed E-state index contributed by atoms with van der Waals surface area (Å²) in [6, 6.07) is -0.488. The lowest BCUT2D eigenvalue weighted by Crippen LogP contribution is -2.42. The number of nitrogens with one attached hydrogen (secondary N) is 2. The second kappa shape index (κ2) is 6.92. The van der Waals surface area contributed by atoms with E-state index in [0.717, 1.165) is 30.3 Å². The van der Waals surface area contributed by atoms with Crippen LogP contribution in [0.4, 0.5) is 4.79 Å². The van der Waals surface area contributed by atoms with E-state index < -0.39 is 17.3 Å². The van der Waals surface area contributed by atoms with E-state index >= 15 is 0 Å². The molecule has 19 heavy (non-hydrogen) atoms. The average Bonchev–Trinajstić information content (AvgIpc) is 2.36. The number of aromatic nitrogens is 2. The highest BCUT2D eigenvalue weighted by atomic mass is 16.2. The lowest BCUT2D eigenvalue weighted by atomic mass is 10.2. The summed E-state index contributed by atoms with van der Waals surface area (Å²) in [6.07, 6.45) is 4.20. The number of hydrogen-bond donors (Lipinski definition) is 2. The maximum absolute atomic E-state index is 11.9. The maximum atomic E-state index is 11.9. The lowest BCUT2D eigenvalue weighted by Gasteiger charge is -2.10. The van der Waals surface area contributed by atoms with Crippen LogP contribution in [-0.4, -0.2) is 22.1 Å². The summed E-state index contributed by atoms with van der Waals surface area (Å²) in [5.74, 6) is 0. The third-order valence-electron chi connectivity index (χ3n) is 3.15. The van der Waals surface area contributed by atoms with E-state index in [2.05, 4.69) is 17.2 Å². The number of nitrogens with zero attached hydrogens (tertiary/aromatic N) is 1. The molecule has 0 aromatic carbocycles. The molecule has 0 aliphatic carbocycles. The Kier molecular flexibility index (Phi) is 5.54. The standard InChI is InChI=1S/C13H21N3O3.2H2/c1-4-5-6-7-8-14-12(18)16-10(3)9(2)11(17)15-13(16)19;;/h4-8H2,1-3H3,(H,14,18)(H,15,17,19);2*1H. The Morgan fingerprint density at radius 1 is 1.26 bits per heavy atom. The van der Waals surface area contributed by atoms with Crippen LogP contribution in [-0.2, 0) is 0 Å². The molecule has 0 unspecified atom stereocenters. The highest BCUT2D eigenvalue weighted by Crippen LogP contribution is 1.99. The molecule has 6 nitrogen and oxygen atoms in total. The minimum atomic E-state index is -0.695. The van der Waals surface area contributed by atoms with Gasteiger partial charge in [-0.2, -0.15) is 0 Å². The van der Waals surface area contributed by atoms with Crippen LogP contribution in [0.1, 0.15) is 46.7 Å². The number of aromatic amines is 1. The first-order valence-electron chi connectivity index (χ1n) is 6.59. The molecular weight excluding hydrogens is 246 g/mol. The van der Waals surface area contributed by atoms with E-state index in [1.54, 1.807) is 13.8 Å². The number of unbranched alkanes of at least 4 members (excludes halogenated alkanes) is 3. The van der Waals surface area contributed by atoms with Crippen molar-refractivity contribution in [3.63, 3.8) is 0 Å². The molecule has 6 heteroatoms. The molecule has 0 aliphatic rings. The van der Waals surface area contributed by atoms with Gasteiger partial charge in [-0.3, -0.25) is 9.78 Å². The van der Waals surface area contributed by atoms with Gasteiger partial charge in [-0.05, 0) is 20.3 Å². The molecule has 0 atom stereocenters. The SMILES string of the molecule is CCCCCCNC(=O)n1c(C)c(C)c(=O)[nH]c1=O.[HH].[HH]. The zero-order valence-corrected chi connectivity index (χ0v) is 11.7. The first-order chi connectivity index (χ1) is 8.99. The van der Waals surface area contributed by atoms with Crippen molar-refractivity contribution in [3.8, 4) is 0 Å². The van der Waals surface area contributed by atoms with E-state index in [0.29, 0.717) is 17.8 Å². The van der Waals surface area contributed by atoms with Crippen LogP contribution in [0.3, 0.4) is 0 Å². The summed E-state index contributed by atoms with van der Waals surface area (Å²) in [6.45, 7) is 5.81. The van der Waals surface area contributed by atoms with Crippen LogP contribution in [0.25, 0.3) is 0 Å². The summed E-state index contributed by atoms with van der Waals surface area (Å²) in [4.78, 5) is 37.0. The Bertz CT molecular complexity index is 567. The Morgan fingerprint density at radius 2 is 1.95 bits per heavy atom. The smallest absolute Gasteiger partial charge is 0.336 e. The number of amides is 1. The van der Waals surface area contributed by atoms with E-state index in [1.807, 2.05) is 0 Å². The molecule has 2 N–H and O–H groups in total. The fourth-order valence-electron chi connectivity index (χ4n) is 1.80. The molecule has 1 amide bonds. The zero-order chi connectivity index (χ0) is 14.4. The molecule has 1 aromatic rings. The molecule has 0 bridgehead atoms. The van der Waals surface area contributed by atoms with Crippen molar-refractivity contribution in [2.45, 2.75) is 46.5 Å². The zero-order valence-electron chi connectivity index (χ0n) is 11.7. The first kappa shape index (κ1) is 15.2. The van der Waals surface area contributed by atoms with Crippen LogP contribution in [0.15, 0.2) is 9.59 Å². The van der Waals surface area contributed by atoms with Crippen LogP contribution in [0, 0.1) is 13.8 Å². The van der Waals surface area contributed by atoms with Gasteiger partial charge in [0.15, 0.2) is 0 Å². The number of H-pyrrole nitrogens is 1. The summed E-state index contributed by atoms with van der Waals surface area (Å²) >= 11 is 0. The maximum Gasteiger partial charge on any atom is 0.336 e. The molecular formula is C13H25N3O3. The summed E-state index contributed by atoms with van der Waals surface area (Å²) in [5, 5.41) is 2.69. The minimum absolute atomic E-state index is 0. The van der Waals surface area contributed by atoms with E-state index in [-0.39, 0.29) is 2.85 Å². The van der Waals surface area contributed by atoms with Crippen LogP contribution < -0.4 is 16.6 Å². The second-order valence-corrected chi connectivity index (χ2v) is 4.60. The predicted molar refractivity (Wildman–Crippen MR) is 78.0 cm³/mol. The van der Waals surface area contributed by atoms with Crippen molar-refractivity contribution < 1.29 is 7.65 Å². The van der Waals surface area contributed by atoms with Crippen molar-refractivity contribution in [3.05, 3.63) is 32.1 Å². The fourth-order valence-corrected chi connectivity index (χ4v) is 1.80. The van der Waals surface area contributed by atoms with Gasteiger partial charge in [0.05, 0.1) is 0 Å². The van der Waals surface area contributed by atoms with Gasteiger partial charge in [0.2, 0.25) is 0 Å². The predicted octanol–water partition coefficient (Wildman–Crippen LogP) is 1.78. The molecule has 0 spiro atoms. The number of rotatable bonds is 5. The number of hydrogen-bond acceptors (Lipinski definition) is 3. The molecule has 1 aromatic heterocycles. The number of carbonyl (C=O) groups is 1. The average molecular weight is 271 g/mol. The molecule has 0 fully saturated rings. The molecule has 0 saturated heterocycles. The monoisotopic (exact) mass is 271 g/mol. The van der Waals surface area contributed by atoms with Gasteiger partial charge in [0.25, 0.3) is 5.56 Å². The van der Waals surface area contributed by atoms with Gasteiger partial charge >= 0.3 is 11.7 Å². The van der Waals surface area contributed by atoms with Crippen LogP contribution in [0.5, 0.6) is 0 Å². The molecule has 0 saturated carbocycles. The summed E-state index contributed by atoms with van der Waals surface area (Å²) in [7, 11) is 0. The quantitative estimate of drug-likeness (QED) is 0.801. The third-order valence-corrected chi connectivity index (χ3v) is 3.15. The van der Waals surface area contributed by atoms with E-state index in [4.69, 9.17) is 0 Å². The highest BCUT2D eigenvalue weighted by molar-refractivity contribution is 5.77. The minimum Gasteiger partial charge on any atom is -0.337 e. The Labute approximate surface area is 114 Å². The fraction of sp³-hybridized carbons (Fsp3) is 0.615. The number of carbonyl (C=O) groups excluding carboxylic acids is 1. The van der Waals surface area contributed by atoms with Gasteiger partial charge in [-0.15, -0.1) is 0 Å². The van der Waals surface area contributed by atoms with Crippen molar-refractivity contribution in [2.24, 2.45) is 0 Å². The Morgan fingerprint density at radius 3 is 2.58 bits per heavy atom. The molecule has 1 heterocycles. The van der Waals surface area contributed by atoms with Crippen molar-refractivity contribution in [1.82, 2.24) is 14.9 Å². The van der Waals surface area contributed by atoms with Crippen LogP contribution in [0.2, 0.25) is 0 Å². The van der Waals surface area contributed by atoms with Crippen molar-refractivity contribution >= 4 is 6.03 Å². The Hall–Kier alpha value is -1.85. The first-order valence-corrected chi connectivity index (χ1v) is 6.59. The van der Waals surface area contributed by atoms with E-state index in [9.17, 15) is 14.4 Å². The second-order valence-electron chi connectivity index (χ2n) is 4.60. The van der Waals surface area contributed by atoms with E-state index in [1.165, 1.54) is 0 Å². The summed E-state index contributed by atoms with van der Waals surface area (Å²) < 4.78 is 0.969. The van der Waals surface area contributed by atoms with Crippen molar-refractivity contribution in [2.75, 3.05) is 6.54 Å². The van der Waals surface area contributed by atoms with Crippen LogP contribution >= 0.6 is 0 Å².